The zero-order valence-corrected chi connectivity index (χ0v) is 21.9. The summed E-state index contributed by atoms with van der Waals surface area (Å²) in [5.41, 5.74) is 2.89. The molecule has 7 heteroatoms. The number of hydrogen-bond donors (Lipinski definition) is 0. The Morgan fingerprint density at radius 2 is 1.74 bits per heavy atom. The molecule has 0 bridgehead atoms. The van der Waals surface area contributed by atoms with Crippen LogP contribution in [0.1, 0.15) is 30.2 Å². The van der Waals surface area contributed by atoms with E-state index < -0.39 is 0 Å². The molecule has 3 aromatic rings. The third kappa shape index (κ3) is 8.13. The first-order chi connectivity index (χ1) is 15.1. The van der Waals surface area contributed by atoms with Crippen LogP contribution in [0.3, 0.4) is 0 Å². The van der Waals surface area contributed by atoms with Crippen molar-refractivity contribution >= 4 is 43.6 Å². The van der Waals surface area contributed by atoms with E-state index in [1.807, 2.05) is 62.9 Å². The van der Waals surface area contributed by atoms with Gasteiger partial charge >= 0.3 is 32.9 Å². The molecule has 0 amide bonds. The summed E-state index contributed by atoms with van der Waals surface area (Å²) < 4.78 is 7.42. The van der Waals surface area contributed by atoms with Gasteiger partial charge in [0.25, 0.3) is 5.56 Å². The van der Waals surface area contributed by atoms with Crippen LogP contribution in [0.15, 0.2) is 59.4 Å². The van der Waals surface area contributed by atoms with Crippen molar-refractivity contribution in [3.8, 4) is 5.75 Å². The minimum atomic E-state index is -0.200. The first-order valence-corrected chi connectivity index (χ1v) is 14.1. The van der Waals surface area contributed by atoms with Crippen molar-refractivity contribution < 1.29 is 17.3 Å². The van der Waals surface area contributed by atoms with Crippen LogP contribution >= 0.6 is 43.6 Å². The van der Waals surface area contributed by atoms with E-state index in [0.29, 0.717) is 24.6 Å². The predicted molar refractivity (Wildman–Crippen MR) is 133 cm³/mol. The van der Waals surface area contributed by atoms with E-state index >= 15 is 0 Å². The van der Waals surface area contributed by atoms with Crippen LogP contribution in [-0.4, -0.2) is 11.2 Å². The van der Waals surface area contributed by atoms with Crippen molar-refractivity contribution in [2.75, 3.05) is 6.61 Å². The Balaban J connectivity index is 0.00000166. The van der Waals surface area contributed by atoms with Crippen molar-refractivity contribution in [3.05, 3.63) is 97.9 Å². The van der Waals surface area contributed by atoms with E-state index in [1.54, 1.807) is 10.6 Å². The van der Waals surface area contributed by atoms with Gasteiger partial charge in [-0.1, -0.05) is 42.3 Å². The van der Waals surface area contributed by atoms with Crippen LogP contribution in [0.2, 0.25) is 10.0 Å². The van der Waals surface area contributed by atoms with Crippen LogP contribution < -0.4 is 10.3 Å². The SMILES string of the molecule is CCCOc1cccc(CCc2c(Cl)cc(Cl)c(=O)n2CCc2cc[c-]cc2)c1.[Co+][I]. The molecule has 1 heterocycles. The number of ether oxygens (including phenoxy) is 1. The van der Waals surface area contributed by atoms with Crippen LogP contribution in [0.25, 0.3) is 0 Å². The summed E-state index contributed by atoms with van der Waals surface area (Å²) in [5.74, 6) is 0.866. The zero-order chi connectivity index (χ0) is 22.6. The number of halogens is 3. The summed E-state index contributed by atoms with van der Waals surface area (Å²) >= 11 is 18.0. The van der Waals surface area contributed by atoms with Crippen LogP contribution in [0.4, 0.5) is 0 Å². The Kier molecular flexibility index (Phi) is 12.0. The molecule has 0 atom stereocenters. The molecule has 0 N–H and O–H groups in total. The first kappa shape index (κ1) is 26.3. The Morgan fingerprint density at radius 1 is 1.00 bits per heavy atom. The average Bonchev–Trinajstić information content (AvgIpc) is 2.80. The summed E-state index contributed by atoms with van der Waals surface area (Å²) in [5, 5.41) is 0.671. The number of pyridine rings is 1. The second-order valence-corrected chi connectivity index (χ2v) is 7.71. The molecule has 167 valence electrons. The standard InChI is InChI=1S/C24H24Cl2NO2.Co.HI/c1-2-15-29-20-10-6-9-19(16-20)11-12-23-21(25)17-22(26)24(28)27(23)14-13-18-7-4-3-5-8-18;;/h4-10,16-17H,2,11-15H2,1H3;;1H/q-1;+2;/p-1. The van der Waals surface area contributed by atoms with Crippen molar-refractivity contribution in [2.24, 2.45) is 0 Å². The van der Waals surface area contributed by atoms with Gasteiger partial charge in [-0.05, 0) is 49.4 Å². The third-order valence-electron chi connectivity index (χ3n) is 4.74. The second kappa shape index (κ2) is 14.2. The first-order valence-electron chi connectivity index (χ1n) is 9.95. The number of aryl methyl sites for hydroxylation is 2. The summed E-state index contributed by atoms with van der Waals surface area (Å²) in [6.45, 7) is 3.31. The van der Waals surface area contributed by atoms with Gasteiger partial charge in [0.15, 0.2) is 0 Å². The van der Waals surface area contributed by atoms with Gasteiger partial charge in [-0.3, -0.25) is 4.79 Å². The molecule has 2 aromatic carbocycles. The zero-order valence-electron chi connectivity index (χ0n) is 17.2. The normalized spacial score (nSPS) is 10.4. The van der Waals surface area contributed by atoms with E-state index in [1.165, 1.54) is 0 Å². The average molecular weight is 615 g/mol. The summed E-state index contributed by atoms with van der Waals surface area (Å²) in [6, 6.07) is 20.4. The topological polar surface area (TPSA) is 31.2 Å². The van der Waals surface area contributed by atoms with Gasteiger partial charge in [0, 0.05) is 12.2 Å². The van der Waals surface area contributed by atoms with E-state index in [2.05, 4.69) is 31.6 Å². The maximum absolute atomic E-state index is 12.7. The molecule has 31 heavy (non-hydrogen) atoms. The molecular weight excluding hydrogens is 591 g/mol. The van der Waals surface area contributed by atoms with Crippen molar-refractivity contribution in [2.45, 2.75) is 39.2 Å². The van der Waals surface area contributed by atoms with Gasteiger partial charge in [0.05, 0.1) is 11.6 Å². The Hall–Kier alpha value is -0.994. The van der Waals surface area contributed by atoms with Gasteiger partial charge in [0.1, 0.15) is 10.8 Å². The fourth-order valence-corrected chi connectivity index (χ4v) is 3.80. The predicted octanol–water partition coefficient (Wildman–Crippen LogP) is 6.66. The molecule has 0 saturated carbocycles. The fraction of sp³-hybridized carbons (Fsp3) is 0.292. The molecule has 0 aliphatic carbocycles. The molecule has 0 fully saturated rings. The van der Waals surface area contributed by atoms with Crippen LogP contribution in [0.5, 0.6) is 5.75 Å². The quantitative estimate of drug-likeness (QED) is 0.200. The van der Waals surface area contributed by atoms with Crippen molar-refractivity contribution in [1.29, 1.82) is 0 Å². The number of nitrogens with zero attached hydrogens (tertiary/aromatic N) is 1. The van der Waals surface area contributed by atoms with E-state index in [-0.39, 0.29) is 10.6 Å². The van der Waals surface area contributed by atoms with E-state index in [0.717, 1.165) is 41.8 Å². The van der Waals surface area contributed by atoms with Gasteiger partial charge < -0.3 is 9.30 Å². The molecule has 1 aromatic heterocycles. The maximum atomic E-state index is 12.7. The fourth-order valence-electron chi connectivity index (χ4n) is 3.23. The molecule has 0 aliphatic heterocycles. The molecule has 0 saturated heterocycles. The van der Waals surface area contributed by atoms with Gasteiger partial charge in [-0.25, -0.2) is 0 Å². The number of benzene rings is 2. The van der Waals surface area contributed by atoms with Crippen molar-refractivity contribution in [3.63, 3.8) is 0 Å². The van der Waals surface area contributed by atoms with E-state index in [9.17, 15) is 4.79 Å². The second-order valence-electron chi connectivity index (χ2n) is 6.90. The molecule has 3 rings (SSSR count). The minimum absolute atomic E-state index is 0.148. The Morgan fingerprint density at radius 3 is 2.45 bits per heavy atom. The molecule has 0 radical (unpaired) electrons. The van der Waals surface area contributed by atoms with Gasteiger partial charge in [-0.2, -0.15) is 35.9 Å². The Labute approximate surface area is 213 Å². The van der Waals surface area contributed by atoms with Crippen molar-refractivity contribution in [1.82, 2.24) is 4.57 Å². The number of hydrogen-bond acceptors (Lipinski definition) is 2. The number of aromatic nitrogens is 1. The molecule has 3 nitrogen and oxygen atoms in total. The molecule has 0 unspecified atom stereocenters. The summed E-state index contributed by atoms with van der Waals surface area (Å²) in [7, 11) is 0. The van der Waals surface area contributed by atoms with Crippen LogP contribution in [0, 0.1) is 6.07 Å². The third-order valence-corrected chi connectivity index (χ3v) is 5.34. The van der Waals surface area contributed by atoms with E-state index in [4.69, 9.17) is 27.9 Å². The molecule has 0 spiro atoms. The van der Waals surface area contributed by atoms with Gasteiger partial charge in [-0.15, -0.1) is 0 Å². The van der Waals surface area contributed by atoms with Crippen LogP contribution in [-0.2, 0) is 38.3 Å². The van der Waals surface area contributed by atoms with Gasteiger partial charge in [0.2, 0.25) is 0 Å². The number of rotatable bonds is 9. The molecular formula is C24H24Cl2CoINO2. The Bertz CT molecular complexity index is 1010. The summed E-state index contributed by atoms with van der Waals surface area (Å²) in [6.07, 6.45) is 3.09. The molecule has 0 aliphatic rings. The monoisotopic (exact) mass is 614 g/mol. The summed E-state index contributed by atoms with van der Waals surface area (Å²) in [4.78, 5) is 12.7.